The number of carbonyl (C=O) groups is 2. The molecule has 4 rings (SSSR count). The van der Waals surface area contributed by atoms with Gasteiger partial charge < -0.3 is 20.1 Å². The zero-order chi connectivity index (χ0) is 23.9. The smallest absolute Gasteiger partial charge is 0.322 e. The lowest BCUT2D eigenvalue weighted by Gasteiger charge is -2.39. The lowest BCUT2D eigenvalue weighted by atomic mass is 9.93. The van der Waals surface area contributed by atoms with Gasteiger partial charge in [0.2, 0.25) is 5.91 Å². The largest absolute Gasteiger partial charge is 0.335 e. The average molecular weight is 451 g/mol. The number of fused-ring (bicyclic) bond motifs is 3. The van der Waals surface area contributed by atoms with E-state index in [0.29, 0.717) is 16.6 Å². The number of nitrogens with one attached hydrogen (secondary N) is 2. The van der Waals surface area contributed by atoms with Crippen molar-refractivity contribution < 1.29 is 18.4 Å². The number of nitrogens with zero attached hydrogens (tertiary/aromatic N) is 3. The molecule has 0 bridgehead atoms. The van der Waals surface area contributed by atoms with Crippen LogP contribution < -0.4 is 10.9 Å². The van der Waals surface area contributed by atoms with E-state index in [1.807, 2.05) is 0 Å². The number of aromatic amines is 1. The van der Waals surface area contributed by atoms with Crippen molar-refractivity contribution in [3.63, 3.8) is 0 Å². The molecule has 0 unspecified atom stereocenters. The zero-order valence-electron chi connectivity index (χ0n) is 17.8. The molecule has 10 heteroatoms. The number of urea groups is 1. The van der Waals surface area contributed by atoms with Crippen molar-refractivity contribution in [3.05, 3.63) is 75.2 Å². The first-order chi connectivity index (χ1) is 15.7. The maximum atomic E-state index is 13.8. The number of nitriles is 1. The Bertz CT molecular complexity index is 1400. The van der Waals surface area contributed by atoms with E-state index in [-0.39, 0.29) is 35.6 Å². The molecule has 1 atom stereocenters. The molecule has 0 saturated heterocycles. The standard InChI is InChI=1S/C23H19F2N5O3/c1-12(31)30-10-19-21(16-5-3-14(24)8-17(16)22(32)28-19)20(11-30)29(2)23(33)27-15-4-6-18(25)13(7-15)9-26/h3-8,20H,10-11H2,1-2H3,(H,27,33)(H,28,32)/t20-/m0/s1. The fourth-order valence-electron chi connectivity index (χ4n) is 4.03. The van der Waals surface area contributed by atoms with Crippen LogP contribution in [0.2, 0.25) is 0 Å². The molecular formula is C23H19F2N5O3. The van der Waals surface area contributed by atoms with Gasteiger partial charge in [0.1, 0.15) is 17.7 Å². The Kier molecular flexibility index (Phi) is 5.55. The Balaban J connectivity index is 1.76. The van der Waals surface area contributed by atoms with Crippen molar-refractivity contribution in [2.45, 2.75) is 19.5 Å². The molecule has 2 N–H and O–H groups in total. The van der Waals surface area contributed by atoms with Crippen LogP contribution in [0.15, 0.2) is 41.2 Å². The van der Waals surface area contributed by atoms with Gasteiger partial charge >= 0.3 is 6.03 Å². The van der Waals surface area contributed by atoms with Crippen molar-refractivity contribution >= 4 is 28.4 Å². The summed E-state index contributed by atoms with van der Waals surface area (Å²) in [6.07, 6.45) is 0. The second-order valence-electron chi connectivity index (χ2n) is 7.80. The molecule has 3 aromatic rings. The fourth-order valence-corrected chi connectivity index (χ4v) is 4.03. The topological polar surface area (TPSA) is 109 Å². The number of amides is 3. The summed E-state index contributed by atoms with van der Waals surface area (Å²) in [5.74, 6) is -1.51. The molecule has 0 fully saturated rings. The number of rotatable bonds is 2. The summed E-state index contributed by atoms with van der Waals surface area (Å²) in [4.78, 5) is 43.3. The van der Waals surface area contributed by atoms with Crippen LogP contribution in [0.1, 0.15) is 29.8 Å². The quantitative estimate of drug-likeness (QED) is 0.623. The molecule has 33 heavy (non-hydrogen) atoms. The van der Waals surface area contributed by atoms with Crippen LogP contribution in [0.5, 0.6) is 0 Å². The molecule has 1 aromatic heterocycles. The van der Waals surface area contributed by atoms with Gasteiger partial charge in [-0.2, -0.15) is 5.26 Å². The van der Waals surface area contributed by atoms with Crippen molar-refractivity contribution in [1.29, 1.82) is 5.26 Å². The Hall–Kier alpha value is -4.26. The number of hydrogen-bond donors (Lipinski definition) is 2. The van der Waals surface area contributed by atoms with Crippen LogP contribution in [-0.4, -0.2) is 40.3 Å². The van der Waals surface area contributed by atoms with Gasteiger partial charge in [-0.05, 0) is 35.7 Å². The van der Waals surface area contributed by atoms with Crippen molar-refractivity contribution in [2.75, 3.05) is 18.9 Å². The zero-order valence-corrected chi connectivity index (χ0v) is 17.8. The second-order valence-corrected chi connectivity index (χ2v) is 7.80. The van der Waals surface area contributed by atoms with E-state index in [1.165, 1.54) is 48.0 Å². The summed E-state index contributed by atoms with van der Waals surface area (Å²) in [5.41, 5.74) is 0.578. The van der Waals surface area contributed by atoms with Crippen LogP contribution in [-0.2, 0) is 11.3 Å². The molecule has 2 heterocycles. The Morgan fingerprint density at radius 1 is 1.21 bits per heavy atom. The first-order valence-electron chi connectivity index (χ1n) is 10.0. The average Bonchev–Trinajstić information content (AvgIpc) is 2.79. The normalized spacial score (nSPS) is 15.0. The molecule has 0 radical (unpaired) electrons. The van der Waals surface area contributed by atoms with Crippen LogP contribution in [0.25, 0.3) is 10.8 Å². The van der Waals surface area contributed by atoms with Crippen LogP contribution >= 0.6 is 0 Å². The molecule has 1 aliphatic heterocycles. The van der Waals surface area contributed by atoms with Gasteiger partial charge in [-0.3, -0.25) is 9.59 Å². The number of aromatic nitrogens is 1. The fraction of sp³-hybridized carbons (Fsp3) is 0.217. The summed E-state index contributed by atoms with van der Waals surface area (Å²) < 4.78 is 27.4. The predicted molar refractivity (Wildman–Crippen MR) is 116 cm³/mol. The first-order valence-corrected chi connectivity index (χ1v) is 10.0. The van der Waals surface area contributed by atoms with Gasteiger partial charge in [0.05, 0.1) is 23.5 Å². The van der Waals surface area contributed by atoms with Gasteiger partial charge in [0, 0.05) is 37.5 Å². The van der Waals surface area contributed by atoms with E-state index < -0.39 is 29.3 Å². The molecular weight excluding hydrogens is 432 g/mol. The number of likely N-dealkylation sites (N-methyl/N-ethyl adjacent to an activating group) is 1. The number of hydrogen-bond acceptors (Lipinski definition) is 4. The number of carbonyl (C=O) groups excluding carboxylic acids is 2. The Morgan fingerprint density at radius 2 is 1.97 bits per heavy atom. The molecule has 0 aliphatic carbocycles. The molecule has 8 nitrogen and oxygen atoms in total. The van der Waals surface area contributed by atoms with Crippen molar-refractivity contribution in [3.8, 4) is 6.07 Å². The van der Waals surface area contributed by atoms with Gasteiger partial charge in [0.25, 0.3) is 5.56 Å². The number of anilines is 1. The van der Waals surface area contributed by atoms with E-state index in [1.54, 1.807) is 6.07 Å². The highest BCUT2D eigenvalue weighted by atomic mass is 19.1. The minimum Gasteiger partial charge on any atom is -0.335 e. The molecule has 2 aromatic carbocycles. The highest BCUT2D eigenvalue weighted by Crippen LogP contribution is 2.34. The summed E-state index contributed by atoms with van der Waals surface area (Å²) >= 11 is 0. The van der Waals surface area contributed by atoms with E-state index in [4.69, 9.17) is 5.26 Å². The summed E-state index contributed by atoms with van der Waals surface area (Å²) in [6.45, 7) is 1.68. The lowest BCUT2D eigenvalue weighted by molar-refractivity contribution is -0.130. The minimum absolute atomic E-state index is 0.140. The molecule has 3 amide bonds. The highest BCUT2D eigenvalue weighted by molar-refractivity contribution is 5.91. The molecule has 168 valence electrons. The highest BCUT2D eigenvalue weighted by Gasteiger charge is 2.34. The van der Waals surface area contributed by atoms with E-state index in [9.17, 15) is 23.2 Å². The maximum Gasteiger partial charge on any atom is 0.322 e. The van der Waals surface area contributed by atoms with E-state index >= 15 is 0 Å². The maximum absolute atomic E-state index is 13.8. The van der Waals surface area contributed by atoms with Gasteiger partial charge in [0.15, 0.2) is 0 Å². The van der Waals surface area contributed by atoms with Gasteiger partial charge in [-0.25, -0.2) is 13.6 Å². The third kappa shape index (κ3) is 4.01. The minimum atomic E-state index is -0.704. The molecule has 1 aliphatic rings. The number of benzene rings is 2. The number of H-pyrrole nitrogens is 1. The predicted octanol–water partition coefficient (Wildman–Crippen LogP) is 3.25. The van der Waals surface area contributed by atoms with Crippen LogP contribution in [0.3, 0.4) is 0 Å². The van der Waals surface area contributed by atoms with Crippen LogP contribution in [0, 0.1) is 23.0 Å². The van der Waals surface area contributed by atoms with Crippen molar-refractivity contribution in [2.24, 2.45) is 0 Å². The summed E-state index contributed by atoms with van der Waals surface area (Å²) in [7, 11) is 1.52. The van der Waals surface area contributed by atoms with E-state index in [0.717, 1.165) is 12.1 Å². The third-order valence-corrected chi connectivity index (χ3v) is 5.75. The van der Waals surface area contributed by atoms with E-state index in [2.05, 4.69) is 10.3 Å². The summed E-state index contributed by atoms with van der Waals surface area (Å²) in [5, 5.41) is 12.3. The SMILES string of the molecule is CC(=O)N1Cc2[nH]c(=O)c3cc(F)ccc3c2[C@@H](N(C)C(=O)Nc2ccc(F)c(C#N)c2)C1. The Labute approximate surface area is 187 Å². The van der Waals surface area contributed by atoms with Gasteiger partial charge in [-0.15, -0.1) is 0 Å². The first kappa shape index (κ1) is 22.0. The number of pyridine rings is 1. The molecule has 0 spiro atoms. The van der Waals surface area contributed by atoms with Gasteiger partial charge in [-0.1, -0.05) is 6.07 Å². The summed E-state index contributed by atoms with van der Waals surface area (Å²) in [6, 6.07) is 7.94. The number of halogens is 2. The lowest BCUT2D eigenvalue weighted by Crippen LogP contribution is -2.46. The van der Waals surface area contributed by atoms with Crippen LogP contribution in [0.4, 0.5) is 19.3 Å². The second kappa shape index (κ2) is 8.35. The molecule has 0 saturated carbocycles. The third-order valence-electron chi connectivity index (χ3n) is 5.75. The Morgan fingerprint density at radius 3 is 2.67 bits per heavy atom. The van der Waals surface area contributed by atoms with Crippen molar-refractivity contribution in [1.82, 2.24) is 14.8 Å². The monoisotopic (exact) mass is 451 g/mol.